The predicted octanol–water partition coefficient (Wildman–Crippen LogP) is -0.382. The van der Waals surface area contributed by atoms with Gasteiger partial charge < -0.3 is 21.5 Å². The molecule has 9 heteroatoms. The number of carbonyl (C=O) groups is 5. The highest BCUT2D eigenvalue weighted by atomic mass is 16.4. The zero-order valence-corrected chi connectivity index (χ0v) is 15.9. The Labute approximate surface area is 153 Å². The Hall–Kier alpha value is -2.29. The van der Waals surface area contributed by atoms with E-state index in [1.54, 1.807) is 0 Å². The summed E-state index contributed by atoms with van der Waals surface area (Å²) in [7, 11) is 0. The highest BCUT2D eigenvalue weighted by Gasteiger charge is 2.26. The van der Waals surface area contributed by atoms with Gasteiger partial charge in [0.25, 0.3) is 0 Å². The van der Waals surface area contributed by atoms with Crippen LogP contribution < -0.4 is 16.4 Å². The highest BCUT2D eigenvalue weighted by Crippen LogP contribution is 2.08. The maximum Gasteiger partial charge on any atom is 0.306 e. The Kier molecular flexibility index (Phi) is 9.71. The van der Waals surface area contributed by atoms with E-state index >= 15 is 0 Å². The summed E-state index contributed by atoms with van der Waals surface area (Å²) in [6.45, 7) is 7.41. The molecule has 26 heavy (non-hydrogen) atoms. The second-order valence-electron chi connectivity index (χ2n) is 6.73. The quantitative estimate of drug-likeness (QED) is 0.385. The number of Topliss-reactive ketones (excluding diaryl/α,β-unsaturated/α-hetero) is 2. The number of aliphatic carboxylic acids is 1. The molecule has 0 rings (SSSR count). The van der Waals surface area contributed by atoms with Crippen LogP contribution in [-0.4, -0.2) is 52.6 Å². The summed E-state index contributed by atoms with van der Waals surface area (Å²) in [6.07, 6.45) is -0.302. The van der Waals surface area contributed by atoms with Crippen LogP contribution >= 0.6 is 0 Å². The van der Waals surface area contributed by atoms with Crippen molar-refractivity contribution in [2.75, 3.05) is 0 Å². The molecule has 0 heterocycles. The van der Waals surface area contributed by atoms with Crippen molar-refractivity contribution >= 4 is 29.4 Å². The van der Waals surface area contributed by atoms with Crippen molar-refractivity contribution in [3.63, 3.8) is 0 Å². The number of hydrogen-bond donors (Lipinski definition) is 4. The van der Waals surface area contributed by atoms with E-state index in [2.05, 4.69) is 10.6 Å². The third-order valence-corrected chi connectivity index (χ3v) is 3.98. The van der Waals surface area contributed by atoms with Gasteiger partial charge in [-0.1, -0.05) is 13.8 Å². The molecule has 0 saturated heterocycles. The van der Waals surface area contributed by atoms with E-state index in [1.165, 1.54) is 34.6 Å². The Bertz CT molecular complexity index is 561. The van der Waals surface area contributed by atoms with E-state index in [4.69, 9.17) is 10.8 Å². The summed E-state index contributed by atoms with van der Waals surface area (Å²) < 4.78 is 0. The first-order valence-electron chi connectivity index (χ1n) is 8.51. The number of carbonyl (C=O) groups excluding carboxylic acids is 4. The van der Waals surface area contributed by atoms with Crippen LogP contribution in [0.3, 0.4) is 0 Å². The smallest absolute Gasteiger partial charge is 0.306 e. The Balaban J connectivity index is 4.54. The fourth-order valence-corrected chi connectivity index (χ4v) is 2.00. The summed E-state index contributed by atoms with van der Waals surface area (Å²) in [4.78, 5) is 58.4. The molecule has 0 aromatic heterocycles. The van der Waals surface area contributed by atoms with Crippen LogP contribution in [0.25, 0.3) is 0 Å². The van der Waals surface area contributed by atoms with Crippen molar-refractivity contribution in [3.8, 4) is 0 Å². The lowest BCUT2D eigenvalue weighted by Gasteiger charge is -2.19. The van der Waals surface area contributed by atoms with Crippen molar-refractivity contribution in [3.05, 3.63) is 0 Å². The average Bonchev–Trinajstić information content (AvgIpc) is 2.53. The van der Waals surface area contributed by atoms with Gasteiger partial charge in [0.1, 0.15) is 0 Å². The molecule has 9 nitrogen and oxygen atoms in total. The first kappa shape index (κ1) is 23.7. The van der Waals surface area contributed by atoms with Crippen molar-refractivity contribution in [2.24, 2.45) is 17.6 Å². The van der Waals surface area contributed by atoms with Gasteiger partial charge in [-0.15, -0.1) is 0 Å². The van der Waals surface area contributed by atoms with Crippen molar-refractivity contribution in [2.45, 2.75) is 65.6 Å². The summed E-state index contributed by atoms with van der Waals surface area (Å²) >= 11 is 0. The molecule has 0 aromatic carbocycles. The van der Waals surface area contributed by atoms with E-state index in [9.17, 15) is 24.0 Å². The molecule has 2 amide bonds. The van der Waals surface area contributed by atoms with Crippen LogP contribution in [0, 0.1) is 11.8 Å². The molecular weight excluding hydrogens is 342 g/mol. The van der Waals surface area contributed by atoms with Gasteiger partial charge in [-0.25, -0.2) is 0 Å². The van der Waals surface area contributed by atoms with Crippen LogP contribution in [0.1, 0.15) is 47.5 Å². The summed E-state index contributed by atoms with van der Waals surface area (Å²) in [5.41, 5.74) is 5.41. The monoisotopic (exact) mass is 371 g/mol. The van der Waals surface area contributed by atoms with Crippen molar-refractivity contribution in [1.82, 2.24) is 10.6 Å². The summed E-state index contributed by atoms with van der Waals surface area (Å²) in [5.74, 6) is -4.31. The molecule has 0 radical (unpaired) electrons. The Morgan fingerprint density at radius 1 is 0.769 bits per heavy atom. The summed E-state index contributed by atoms with van der Waals surface area (Å²) in [5, 5.41) is 13.8. The topological polar surface area (TPSA) is 156 Å². The number of carboxylic acid groups (broad SMARTS) is 1. The number of amides is 2. The van der Waals surface area contributed by atoms with Gasteiger partial charge in [-0.3, -0.25) is 24.0 Å². The maximum absolute atomic E-state index is 12.1. The van der Waals surface area contributed by atoms with Gasteiger partial charge in [0.05, 0.1) is 24.0 Å². The van der Waals surface area contributed by atoms with Crippen LogP contribution in [0.5, 0.6) is 0 Å². The lowest BCUT2D eigenvalue weighted by Crippen LogP contribution is -2.47. The number of nitrogens with two attached hydrogens (primary N) is 1. The van der Waals surface area contributed by atoms with Crippen LogP contribution in [0.4, 0.5) is 0 Å². The minimum atomic E-state index is -1.08. The minimum absolute atomic E-state index is 0.112. The van der Waals surface area contributed by atoms with Gasteiger partial charge >= 0.3 is 5.97 Å². The van der Waals surface area contributed by atoms with Gasteiger partial charge in [-0.05, 0) is 20.8 Å². The molecule has 0 aliphatic rings. The molecule has 148 valence electrons. The molecule has 0 aliphatic heterocycles. The molecular formula is C17H29N3O6. The second kappa shape index (κ2) is 10.6. The van der Waals surface area contributed by atoms with Crippen LogP contribution in [-0.2, 0) is 24.0 Å². The van der Waals surface area contributed by atoms with E-state index in [0.717, 1.165) is 0 Å². The second-order valence-corrected chi connectivity index (χ2v) is 6.73. The molecule has 5 N–H and O–H groups in total. The molecule has 5 atom stereocenters. The third-order valence-electron chi connectivity index (χ3n) is 3.98. The lowest BCUT2D eigenvalue weighted by molar-refractivity contribution is -0.143. The molecule has 0 unspecified atom stereocenters. The fraction of sp³-hybridized carbons (Fsp3) is 0.706. The molecule has 0 aromatic rings. The van der Waals surface area contributed by atoms with Gasteiger partial charge in [0.2, 0.25) is 11.8 Å². The molecule has 0 bridgehead atoms. The molecule has 0 spiro atoms. The maximum atomic E-state index is 12.1. The van der Waals surface area contributed by atoms with Gasteiger partial charge in [-0.2, -0.15) is 0 Å². The van der Waals surface area contributed by atoms with Crippen molar-refractivity contribution < 1.29 is 29.1 Å². The lowest BCUT2D eigenvalue weighted by atomic mass is 9.98. The number of ketones is 2. The number of carboxylic acids is 1. The van der Waals surface area contributed by atoms with Crippen LogP contribution in [0.2, 0.25) is 0 Å². The Morgan fingerprint density at radius 2 is 1.15 bits per heavy atom. The molecule has 0 saturated carbocycles. The normalized spacial score (nSPS) is 16.5. The summed E-state index contributed by atoms with van der Waals surface area (Å²) in [6, 6.07) is -2.37. The zero-order valence-electron chi connectivity index (χ0n) is 15.9. The average molecular weight is 371 g/mol. The number of hydrogen-bond acceptors (Lipinski definition) is 6. The third kappa shape index (κ3) is 8.19. The van der Waals surface area contributed by atoms with E-state index in [-0.39, 0.29) is 18.6 Å². The molecule has 0 fully saturated rings. The Morgan fingerprint density at radius 3 is 1.54 bits per heavy atom. The standard InChI is InChI=1S/C17H29N3O6/c1-8(6-13(21)12(5)20-16(24)10(3)18)15(23)19-11(4)14(22)7-9(2)17(25)26/h8-12H,6-7,18H2,1-5H3,(H,19,23)(H,20,24)(H,25,26)/t8-,9-,10+,11+,12+/m1/s1. The van der Waals surface area contributed by atoms with Crippen LogP contribution in [0.15, 0.2) is 0 Å². The first-order chi connectivity index (χ1) is 11.9. The molecule has 0 aliphatic carbocycles. The predicted molar refractivity (Wildman–Crippen MR) is 94.1 cm³/mol. The van der Waals surface area contributed by atoms with E-state index < -0.39 is 53.5 Å². The van der Waals surface area contributed by atoms with E-state index in [0.29, 0.717) is 0 Å². The van der Waals surface area contributed by atoms with Crippen molar-refractivity contribution in [1.29, 1.82) is 0 Å². The highest BCUT2D eigenvalue weighted by molar-refractivity contribution is 5.95. The number of rotatable bonds is 11. The van der Waals surface area contributed by atoms with Gasteiger partial charge in [0.15, 0.2) is 11.6 Å². The van der Waals surface area contributed by atoms with Gasteiger partial charge in [0, 0.05) is 18.8 Å². The SMILES string of the molecule is C[C@H](N)C(=O)N[C@@H](C)C(=O)C[C@@H](C)C(=O)N[C@@H](C)C(=O)C[C@@H](C)C(=O)O. The fourth-order valence-electron chi connectivity index (χ4n) is 2.00. The first-order valence-corrected chi connectivity index (χ1v) is 8.51. The zero-order chi connectivity index (χ0) is 20.6. The van der Waals surface area contributed by atoms with E-state index in [1.807, 2.05) is 0 Å². The largest absolute Gasteiger partial charge is 0.481 e. The minimum Gasteiger partial charge on any atom is -0.481 e. The number of nitrogens with one attached hydrogen (secondary N) is 2.